The van der Waals surface area contributed by atoms with E-state index in [-0.39, 0.29) is 28.7 Å². The van der Waals surface area contributed by atoms with E-state index in [4.69, 9.17) is 30.8 Å². The van der Waals surface area contributed by atoms with Crippen molar-refractivity contribution < 1.29 is 28.6 Å². The summed E-state index contributed by atoms with van der Waals surface area (Å²) in [4.78, 5) is 51.5. The maximum Gasteiger partial charge on any atom is 0.415 e. The number of fused-ring (bicyclic) bond motifs is 1. The van der Waals surface area contributed by atoms with Gasteiger partial charge in [-0.15, -0.1) is 0 Å². The molecule has 0 saturated carbocycles. The van der Waals surface area contributed by atoms with Crippen LogP contribution in [0.1, 0.15) is 62.1 Å². The Morgan fingerprint density at radius 3 is 2.53 bits per heavy atom. The Hall–Kier alpha value is -3.90. The molecule has 13 heteroatoms. The van der Waals surface area contributed by atoms with Crippen LogP contribution in [0.2, 0.25) is 5.02 Å². The van der Waals surface area contributed by atoms with Gasteiger partial charge in [0.15, 0.2) is 5.75 Å². The zero-order valence-electron chi connectivity index (χ0n) is 24.9. The van der Waals surface area contributed by atoms with E-state index in [2.05, 4.69) is 10.3 Å². The van der Waals surface area contributed by atoms with Gasteiger partial charge in [0.2, 0.25) is 5.95 Å². The van der Waals surface area contributed by atoms with Crippen molar-refractivity contribution in [2.24, 2.45) is 0 Å². The van der Waals surface area contributed by atoms with Gasteiger partial charge in [0.1, 0.15) is 10.6 Å². The first-order chi connectivity index (χ1) is 20.5. The van der Waals surface area contributed by atoms with Gasteiger partial charge in [0.25, 0.3) is 5.91 Å². The van der Waals surface area contributed by atoms with Gasteiger partial charge in [-0.05, 0) is 71.2 Å². The third kappa shape index (κ3) is 7.19. The van der Waals surface area contributed by atoms with Crippen molar-refractivity contribution in [3.8, 4) is 5.75 Å². The number of aryl methyl sites for hydroxylation is 1. The van der Waals surface area contributed by atoms with E-state index in [0.29, 0.717) is 68.1 Å². The molecule has 0 unspecified atom stereocenters. The first-order valence-electron chi connectivity index (χ1n) is 14.5. The molecule has 12 nitrogen and oxygen atoms in total. The van der Waals surface area contributed by atoms with Crippen molar-refractivity contribution in [2.45, 2.75) is 58.6 Å². The van der Waals surface area contributed by atoms with Gasteiger partial charge in [-0.3, -0.25) is 15.1 Å². The largest absolute Gasteiger partial charge is 0.444 e. The lowest BCUT2D eigenvalue weighted by molar-refractivity contribution is 0.0238. The predicted octanol–water partition coefficient (Wildman–Crippen LogP) is 5.44. The molecule has 1 aromatic carbocycles. The summed E-state index contributed by atoms with van der Waals surface area (Å²) in [6, 6.07) is 6.31. The number of halogens is 1. The fourth-order valence-electron chi connectivity index (χ4n) is 5.24. The minimum absolute atomic E-state index is 0.173. The Balaban J connectivity index is 1.54. The summed E-state index contributed by atoms with van der Waals surface area (Å²) < 4.78 is 18.6. The molecular weight excluding hydrogens is 576 g/mol. The second-order valence-corrected chi connectivity index (χ2v) is 12.1. The number of nitrogens with one attached hydrogen (secondary N) is 1. The third-order valence-electron chi connectivity index (χ3n) is 7.27. The number of hydrogen-bond acceptors (Lipinski definition) is 8. The Labute approximate surface area is 255 Å². The number of imidazole rings is 1. The number of carbonyl (C=O) groups is 3. The Morgan fingerprint density at radius 1 is 1.05 bits per heavy atom. The number of pyridine rings is 1. The SMILES string of the molecule is Cc1cc(C(=O)Nc2nc3ccc(OC(=O)N4CCOCC4)c(Cl)c3n2[C@@H]2CCCCN(C(=O)OC(C)(C)C)C2)ccn1. The maximum atomic E-state index is 13.4. The number of nitrogens with zero attached hydrogens (tertiary/aromatic N) is 5. The van der Waals surface area contributed by atoms with Crippen molar-refractivity contribution in [1.29, 1.82) is 0 Å². The number of aromatic nitrogens is 3. The standard InChI is InChI=1S/C30H37ClN6O6/c1-19-17-20(10-11-32-19)26(38)34-27-33-22-8-9-23(42-28(39)35-13-15-41-16-14-35)24(31)25(22)37(27)21-7-5-6-12-36(18-21)29(40)43-30(2,3)4/h8-11,17,21H,5-7,12-16,18H2,1-4H3,(H,33,34,38)/t21-/m1/s1. The smallest absolute Gasteiger partial charge is 0.415 e. The number of carbonyl (C=O) groups excluding carboxylic acids is 3. The van der Waals surface area contributed by atoms with E-state index in [1.54, 1.807) is 40.3 Å². The molecular formula is C30H37ClN6O6. The Morgan fingerprint density at radius 2 is 1.81 bits per heavy atom. The predicted molar refractivity (Wildman–Crippen MR) is 161 cm³/mol. The number of amides is 3. The summed E-state index contributed by atoms with van der Waals surface area (Å²) in [6.07, 6.45) is 2.94. The van der Waals surface area contributed by atoms with Gasteiger partial charge in [0, 0.05) is 43.6 Å². The van der Waals surface area contributed by atoms with Crippen LogP contribution in [0.5, 0.6) is 5.75 Å². The molecule has 1 atom stereocenters. The lowest BCUT2D eigenvalue weighted by atomic mass is 10.1. The fourth-order valence-corrected chi connectivity index (χ4v) is 5.53. The maximum absolute atomic E-state index is 13.4. The third-order valence-corrected chi connectivity index (χ3v) is 7.63. The highest BCUT2D eigenvalue weighted by Crippen LogP contribution is 2.39. The van der Waals surface area contributed by atoms with Crippen LogP contribution < -0.4 is 10.1 Å². The van der Waals surface area contributed by atoms with Crippen LogP contribution in [0.4, 0.5) is 15.5 Å². The van der Waals surface area contributed by atoms with Gasteiger partial charge < -0.3 is 28.6 Å². The van der Waals surface area contributed by atoms with E-state index in [1.165, 1.54) is 0 Å². The van der Waals surface area contributed by atoms with Crippen molar-refractivity contribution in [3.63, 3.8) is 0 Å². The summed E-state index contributed by atoms with van der Waals surface area (Å²) in [5, 5.41) is 3.13. The lowest BCUT2D eigenvalue weighted by Gasteiger charge is -2.29. The van der Waals surface area contributed by atoms with E-state index in [0.717, 1.165) is 12.8 Å². The summed E-state index contributed by atoms with van der Waals surface area (Å²) in [7, 11) is 0. The van der Waals surface area contributed by atoms with Gasteiger partial charge in [0.05, 0.1) is 30.3 Å². The monoisotopic (exact) mass is 612 g/mol. The van der Waals surface area contributed by atoms with Crippen LogP contribution in [0, 0.1) is 6.92 Å². The molecule has 4 heterocycles. The number of morpholine rings is 1. The summed E-state index contributed by atoms with van der Waals surface area (Å²) in [5.41, 5.74) is 1.48. The number of benzene rings is 1. The van der Waals surface area contributed by atoms with E-state index in [1.807, 2.05) is 32.3 Å². The van der Waals surface area contributed by atoms with Gasteiger partial charge in [-0.2, -0.15) is 0 Å². The minimum atomic E-state index is -0.648. The molecule has 0 aliphatic carbocycles. The topological polar surface area (TPSA) is 128 Å². The molecule has 43 heavy (non-hydrogen) atoms. The minimum Gasteiger partial charge on any atom is -0.444 e. The average Bonchev–Trinajstić information content (AvgIpc) is 3.15. The van der Waals surface area contributed by atoms with E-state index < -0.39 is 17.8 Å². The Kier molecular flexibility index (Phi) is 9.07. The normalized spacial score (nSPS) is 17.8. The summed E-state index contributed by atoms with van der Waals surface area (Å²) in [5.74, 6) is 0.0749. The van der Waals surface area contributed by atoms with Crippen LogP contribution in [0.15, 0.2) is 30.5 Å². The lowest BCUT2D eigenvalue weighted by Crippen LogP contribution is -2.42. The molecule has 2 fully saturated rings. The van der Waals surface area contributed by atoms with E-state index in [9.17, 15) is 14.4 Å². The first kappa shape index (κ1) is 30.6. The van der Waals surface area contributed by atoms with Crippen LogP contribution in [-0.4, -0.2) is 87.4 Å². The zero-order valence-corrected chi connectivity index (χ0v) is 25.6. The Bertz CT molecular complexity index is 1510. The molecule has 3 amide bonds. The molecule has 2 aromatic heterocycles. The van der Waals surface area contributed by atoms with Crippen molar-refractivity contribution in [1.82, 2.24) is 24.3 Å². The van der Waals surface area contributed by atoms with Gasteiger partial charge >= 0.3 is 12.2 Å². The number of rotatable bonds is 4. The number of ether oxygens (including phenoxy) is 3. The average molecular weight is 613 g/mol. The molecule has 3 aromatic rings. The highest BCUT2D eigenvalue weighted by Gasteiger charge is 2.31. The second kappa shape index (κ2) is 12.8. The van der Waals surface area contributed by atoms with Crippen LogP contribution in [0.3, 0.4) is 0 Å². The molecule has 5 rings (SSSR count). The van der Waals surface area contributed by atoms with Crippen LogP contribution in [-0.2, 0) is 9.47 Å². The highest BCUT2D eigenvalue weighted by atomic mass is 35.5. The van der Waals surface area contributed by atoms with Crippen LogP contribution in [0.25, 0.3) is 11.0 Å². The summed E-state index contributed by atoms with van der Waals surface area (Å²) >= 11 is 6.96. The quantitative estimate of drug-likeness (QED) is 0.413. The molecule has 0 radical (unpaired) electrons. The molecule has 0 spiro atoms. The number of hydrogen-bond donors (Lipinski definition) is 1. The van der Waals surface area contributed by atoms with Crippen LogP contribution >= 0.6 is 11.6 Å². The van der Waals surface area contributed by atoms with Crippen molar-refractivity contribution in [2.75, 3.05) is 44.7 Å². The van der Waals surface area contributed by atoms with Crippen molar-refractivity contribution >= 4 is 46.7 Å². The molecule has 2 saturated heterocycles. The van der Waals surface area contributed by atoms with Crippen molar-refractivity contribution in [3.05, 3.63) is 46.7 Å². The van der Waals surface area contributed by atoms with Gasteiger partial charge in [-0.25, -0.2) is 14.6 Å². The molecule has 0 bridgehead atoms. The molecule has 230 valence electrons. The van der Waals surface area contributed by atoms with E-state index >= 15 is 0 Å². The fraction of sp³-hybridized carbons (Fsp3) is 0.500. The molecule has 2 aliphatic heterocycles. The zero-order chi connectivity index (χ0) is 30.7. The molecule has 2 aliphatic rings. The number of likely N-dealkylation sites (tertiary alicyclic amines) is 1. The van der Waals surface area contributed by atoms with Gasteiger partial charge in [-0.1, -0.05) is 11.6 Å². The second-order valence-electron chi connectivity index (χ2n) is 11.7. The highest BCUT2D eigenvalue weighted by molar-refractivity contribution is 6.36. The number of anilines is 1. The summed E-state index contributed by atoms with van der Waals surface area (Å²) in [6.45, 7) is 9.86. The molecule has 1 N–H and O–H groups in total. The first-order valence-corrected chi connectivity index (χ1v) is 14.8.